The van der Waals surface area contributed by atoms with E-state index < -0.39 is 21.7 Å². The molecule has 0 fully saturated rings. The summed E-state index contributed by atoms with van der Waals surface area (Å²) in [4.78, 5) is 23.4. The van der Waals surface area contributed by atoms with Gasteiger partial charge < -0.3 is 5.32 Å². The van der Waals surface area contributed by atoms with Crippen LogP contribution >= 0.6 is 0 Å². The molecule has 0 saturated heterocycles. The molecule has 3 aromatic rings. The molecule has 0 saturated carbocycles. The number of rotatable bonds is 8. The lowest BCUT2D eigenvalue weighted by atomic mass is 9.99. The van der Waals surface area contributed by atoms with E-state index in [9.17, 15) is 26.4 Å². The maximum Gasteiger partial charge on any atom is 0.433 e. The van der Waals surface area contributed by atoms with E-state index in [1.165, 1.54) is 30.6 Å². The SMILES string of the molecule is CCS(=O)(=O)c1ccc(CNC(=O)c2cnc3c(c2)CN(Cc2ccc(C(F)(F)F)nc2)C3C(C)C)cc1. The Labute approximate surface area is 220 Å². The highest BCUT2D eigenvalue weighted by atomic mass is 32.2. The third-order valence-electron chi connectivity index (χ3n) is 6.56. The van der Waals surface area contributed by atoms with E-state index in [1.807, 2.05) is 0 Å². The van der Waals surface area contributed by atoms with Crippen LogP contribution in [0, 0.1) is 5.92 Å². The van der Waals surface area contributed by atoms with Crippen molar-refractivity contribution in [1.82, 2.24) is 20.2 Å². The lowest BCUT2D eigenvalue weighted by molar-refractivity contribution is -0.141. The van der Waals surface area contributed by atoms with E-state index in [-0.39, 0.29) is 35.1 Å². The van der Waals surface area contributed by atoms with Crippen LogP contribution < -0.4 is 5.32 Å². The number of benzene rings is 1. The van der Waals surface area contributed by atoms with Gasteiger partial charge in [-0.1, -0.05) is 39.0 Å². The average Bonchev–Trinajstić information content (AvgIpc) is 3.24. The summed E-state index contributed by atoms with van der Waals surface area (Å²) in [5.74, 6) is -0.104. The van der Waals surface area contributed by atoms with Crippen molar-refractivity contribution in [3.05, 3.63) is 88.5 Å². The first-order valence-corrected chi connectivity index (χ1v) is 13.9. The standard InChI is InChI=1S/C27H29F3N4O3S/c1-4-38(36,37)22-8-5-18(6-9-22)12-33-26(35)20-11-21-16-34(25(17(2)3)24(21)32-14-20)15-19-7-10-23(31-13-19)27(28,29)30/h5-11,13-14,17,25H,4,12,15-16H2,1-3H3,(H,33,35). The number of alkyl halides is 3. The van der Waals surface area contributed by atoms with Crippen molar-refractivity contribution in [3.63, 3.8) is 0 Å². The minimum atomic E-state index is -4.48. The summed E-state index contributed by atoms with van der Waals surface area (Å²) in [6.45, 7) is 6.82. The number of aromatic nitrogens is 2. The minimum Gasteiger partial charge on any atom is -0.348 e. The van der Waals surface area contributed by atoms with Crippen LogP contribution in [-0.2, 0) is 35.6 Å². The molecule has 1 N–H and O–H groups in total. The van der Waals surface area contributed by atoms with Crippen LogP contribution in [-0.4, -0.2) is 34.9 Å². The van der Waals surface area contributed by atoms with Crippen molar-refractivity contribution in [2.75, 3.05) is 5.75 Å². The molecule has 1 atom stereocenters. The number of fused-ring (bicyclic) bond motifs is 1. The van der Waals surface area contributed by atoms with Gasteiger partial charge in [0.2, 0.25) is 0 Å². The summed E-state index contributed by atoms with van der Waals surface area (Å²) in [5.41, 5.74) is 2.64. The van der Waals surface area contributed by atoms with Gasteiger partial charge in [0.25, 0.3) is 5.91 Å². The minimum absolute atomic E-state index is 0.0186. The Hall–Kier alpha value is -3.31. The summed E-state index contributed by atoms with van der Waals surface area (Å²) in [5, 5.41) is 2.84. The quantitative estimate of drug-likeness (QED) is 0.431. The second-order valence-corrected chi connectivity index (χ2v) is 11.9. The van der Waals surface area contributed by atoms with Gasteiger partial charge in [0, 0.05) is 32.0 Å². The second kappa shape index (κ2) is 10.8. The van der Waals surface area contributed by atoms with Gasteiger partial charge in [-0.25, -0.2) is 8.42 Å². The van der Waals surface area contributed by atoms with E-state index in [1.54, 1.807) is 25.1 Å². The van der Waals surface area contributed by atoms with Gasteiger partial charge in [0.1, 0.15) is 5.69 Å². The molecule has 1 aliphatic heterocycles. The van der Waals surface area contributed by atoms with Gasteiger partial charge in [-0.2, -0.15) is 13.2 Å². The largest absolute Gasteiger partial charge is 0.433 e. The van der Waals surface area contributed by atoms with Gasteiger partial charge in [0.15, 0.2) is 9.84 Å². The monoisotopic (exact) mass is 546 g/mol. The van der Waals surface area contributed by atoms with E-state index in [4.69, 9.17) is 0 Å². The molecule has 0 bridgehead atoms. The Kier molecular flexibility index (Phi) is 7.89. The smallest absolute Gasteiger partial charge is 0.348 e. The molecule has 2 aromatic heterocycles. The second-order valence-electron chi connectivity index (χ2n) is 9.64. The molecule has 1 aliphatic rings. The zero-order valence-corrected chi connectivity index (χ0v) is 22.1. The third-order valence-corrected chi connectivity index (χ3v) is 8.31. The van der Waals surface area contributed by atoms with Crippen LogP contribution in [0.5, 0.6) is 0 Å². The van der Waals surface area contributed by atoms with Crippen LogP contribution in [0.25, 0.3) is 0 Å². The zero-order valence-electron chi connectivity index (χ0n) is 21.3. The Bertz CT molecular complexity index is 1410. The van der Waals surface area contributed by atoms with E-state index >= 15 is 0 Å². The van der Waals surface area contributed by atoms with Crippen LogP contribution in [0.2, 0.25) is 0 Å². The average molecular weight is 547 g/mol. The molecule has 0 spiro atoms. The Morgan fingerprint density at radius 2 is 1.76 bits per heavy atom. The number of nitrogens with zero attached hydrogens (tertiary/aromatic N) is 3. The Balaban J connectivity index is 1.44. The number of sulfone groups is 1. The fraction of sp³-hybridized carbons (Fsp3) is 0.370. The topological polar surface area (TPSA) is 92.3 Å². The van der Waals surface area contributed by atoms with Crippen LogP contribution in [0.15, 0.2) is 59.8 Å². The molecule has 3 heterocycles. The van der Waals surface area contributed by atoms with Crippen molar-refractivity contribution in [2.24, 2.45) is 5.92 Å². The van der Waals surface area contributed by atoms with Crippen molar-refractivity contribution >= 4 is 15.7 Å². The Morgan fingerprint density at radius 3 is 2.34 bits per heavy atom. The first kappa shape index (κ1) is 27.7. The van der Waals surface area contributed by atoms with Crippen molar-refractivity contribution in [2.45, 2.75) is 57.5 Å². The molecular weight excluding hydrogens is 517 g/mol. The summed E-state index contributed by atoms with van der Waals surface area (Å²) in [6, 6.07) is 10.6. The fourth-order valence-corrected chi connectivity index (χ4v) is 5.49. The van der Waals surface area contributed by atoms with E-state index in [2.05, 4.69) is 34.0 Å². The molecule has 1 amide bonds. The number of carbonyl (C=O) groups is 1. The summed E-state index contributed by atoms with van der Waals surface area (Å²) in [7, 11) is -3.29. The van der Waals surface area contributed by atoms with Crippen LogP contribution in [0.1, 0.15) is 65.2 Å². The molecule has 1 unspecified atom stereocenters. The molecule has 38 heavy (non-hydrogen) atoms. The number of amides is 1. The number of pyridine rings is 2. The molecule has 0 radical (unpaired) electrons. The lowest BCUT2D eigenvalue weighted by Gasteiger charge is -2.27. The third kappa shape index (κ3) is 6.05. The van der Waals surface area contributed by atoms with Crippen molar-refractivity contribution in [3.8, 4) is 0 Å². The highest BCUT2D eigenvalue weighted by molar-refractivity contribution is 7.91. The predicted molar refractivity (Wildman–Crippen MR) is 136 cm³/mol. The van der Waals surface area contributed by atoms with Crippen molar-refractivity contribution < 1.29 is 26.4 Å². The van der Waals surface area contributed by atoms with E-state index in [0.29, 0.717) is 24.2 Å². The maximum absolute atomic E-state index is 12.9. The predicted octanol–water partition coefficient (Wildman–Crippen LogP) is 4.93. The number of nitrogens with one attached hydrogen (secondary N) is 1. The normalized spacial score (nSPS) is 16.0. The van der Waals surface area contributed by atoms with Gasteiger partial charge in [0.05, 0.1) is 27.9 Å². The molecule has 11 heteroatoms. The van der Waals surface area contributed by atoms with Crippen LogP contribution in [0.4, 0.5) is 13.2 Å². The summed E-state index contributed by atoms with van der Waals surface area (Å²) in [6.07, 6.45) is -1.70. The molecule has 7 nitrogen and oxygen atoms in total. The first-order valence-electron chi connectivity index (χ1n) is 12.2. The van der Waals surface area contributed by atoms with Gasteiger partial charge in [-0.3, -0.25) is 19.7 Å². The maximum atomic E-state index is 12.9. The van der Waals surface area contributed by atoms with Crippen LogP contribution in [0.3, 0.4) is 0 Å². The van der Waals surface area contributed by atoms with E-state index in [0.717, 1.165) is 22.9 Å². The number of halogens is 3. The molecule has 4 rings (SSSR count). The summed E-state index contributed by atoms with van der Waals surface area (Å²) < 4.78 is 62.5. The van der Waals surface area contributed by atoms with Gasteiger partial charge in [-0.05, 0) is 46.9 Å². The zero-order chi connectivity index (χ0) is 27.7. The van der Waals surface area contributed by atoms with Gasteiger partial charge >= 0.3 is 6.18 Å². The first-order chi connectivity index (χ1) is 17.9. The summed E-state index contributed by atoms with van der Waals surface area (Å²) >= 11 is 0. The van der Waals surface area contributed by atoms with Crippen molar-refractivity contribution in [1.29, 1.82) is 0 Å². The molecule has 0 aliphatic carbocycles. The Morgan fingerprint density at radius 1 is 1.08 bits per heavy atom. The number of hydrogen-bond donors (Lipinski definition) is 1. The number of hydrogen-bond acceptors (Lipinski definition) is 6. The molecule has 202 valence electrons. The lowest BCUT2D eigenvalue weighted by Crippen LogP contribution is -2.26. The number of carbonyl (C=O) groups excluding carboxylic acids is 1. The molecule has 1 aromatic carbocycles. The molecular formula is C27H29F3N4O3S. The van der Waals surface area contributed by atoms with Gasteiger partial charge in [-0.15, -0.1) is 0 Å². The highest BCUT2D eigenvalue weighted by Crippen LogP contribution is 2.38. The fourth-order valence-electron chi connectivity index (χ4n) is 4.61. The highest BCUT2D eigenvalue weighted by Gasteiger charge is 2.35.